The van der Waals surface area contributed by atoms with Crippen molar-refractivity contribution in [3.05, 3.63) is 29.8 Å². The largest absolute Gasteiger partial charge is 0.483 e. The zero-order valence-electron chi connectivity index (χ0n) is 10.2. The van der Waals surface area contributed by atoms with Crippen molar-refractivity contribution in [1.82, 2.24) is 5.32 Å². The van der Waals surface area contributed by atoms with Crippen molar-refractivity contribution < 1.29 is 14.3 Å². The molecule has 0 aliphatic heterocycles. The summed E-state index contributed by atoms with van der Waals surface area (Å²) in [7, 11) is 0. The normalized spacial score (nSPS) is 11.7. The highest BCUT2D eigenvalue weighted by atomic mass is 16.5. The Hall–Kier alpha value is -2.08. The molecule has 5 N–H and O–H groups in total. The van der Waals surface area contributed by atoms with Crippen molar-refractivity contribution in [1.29, 1.82) is 0 Å². The third-order valence-corrected chi connectivity index (χ3v) is 2.36. The molecule has 2 amide bonds. The lowest BCUT2D eigenvalue weighted by Gasteiger charge is -2.12. The average molecular weight is 251 g/mol. The number of benzene rings is 1. The maximum absolute atomic E-state index is 11.5. The highest BCUT2D eigenvalue weighted by Crippen LogP contribution is 2.16. The van der Waals surface area contributed by atoms with Crippen LogP contribution in [-0.4, -0.2) is 24.5 Å². The zero-order valence-corrected chi connectivity index (χ0v) is 10.2. The fraction of sp³-hybridized carbons (Fsp3) is 0.333. The van der Waals surface area contributed by atoms with Crippen LogP contribution >= 0.6 is 0 Å². The minimum Gasteiger partial charge on any atom is -0.483 e. The summed E-state index contributed by atoms with van der Waals surface area (Å²) in [4.78, 5) is 22.2. The molecule has 98 valence electrons. The molecule has 1 rings (SSSR count). The van der Waals surface area contributed by atoms with Crippen LogP contribution in [0.25, 0.3) is 0 Å². The molecule has 0 saturated heterocycles. The van der Waals surface area contributed by atoms with E-state index in [1.807, 2.05) is 12.1 Å². The molecule has 0 aromatic heterocycles. The Labute approximate surface area is 105 Å². The maximum atomic E-state index is 11.5. The molecule has 1 unspecified atom stereocenters. The van der Waals surface area contributed by atoms with Gasteiger partial charge in [-0.25, -0.2) is 0 Å². The number of ether oxygens (including phenoxy) is 1. The van der Waals surface area contributed by atoms with E-state index in [0.717, 1.165) is 5.56 Å². The van der Waals surface area contributed by atoms with E-state index in [0.29, 0.717) is 12.3 Å². The SMILES string of the molecule is CC(NC(=O)COc1ccccc1CN)C(N)=O. The van der Waals surface area contributed by atoms with E-state index in [1.54, 1.807) is 12.1 Å². The molecular formula is C12H17N3O3. The van der Waals surface area contributed by atoms with Gasteiger partial charge in [-0.3, -0.25) is 9.59 Å². The standard InChI is InChI=1S/C12H17N3O3/c1-8(12(14)17)15-11(16)7-18-10-5-3-2-4-9(10)6-13/h2-5,8H,6-7,13H2,1H3,(H2,14,17)(H,15,16). The fourth-order valence-corrected chi connectivity index (χ4v) is 1.31. The van der Waals surface area contributed by atoms with Crippen molar-refractivity contribution >= 4 is 11.8 Å². The van der Waals surface area contributed by atoms with Crippen LogP contribution < -0.4 is 21.5 Å². The van der Waals surface area contributed by atoms with E-state index in [9.17, 15) is 9.59 Å². The van der Waals surface area contributed by atoms with Crippen LogP contribution in [0, 0.1) is 0 Å². The van der Waals surface area contributed by atoms with Crippen molar-refractivity contribution in [2.75, 3.05) is 6.61 Å². The molecule has 1 atom stereocenters. The average Bonchev–Trinajstić information content (AvgIpc) is 2.36. The van der Waals surface area contributed by atoms with Crippen molar-refractivity contribution in [3.8, 4) is 5.75 Å². The summed E-state index contributed by atoms with van der Waals surface area (Å²) >= 11 is 0. The summed E-state index contributed by atoms with van der Waals surface area (Å²) in [6, 6.07) is 6.46. The zero-order chi connectivity index (χ0) is 13.5. The van der Waals surface area contributed by atoms with Gasteiger partial charge < -0.3 is 21.5 Å². The second-order valence-corrected chi connectivity index (χ2v) is 3.79. The number of hydrogen-bond acceptors (Lipinski definition) is 4. The van der Waals surface area contributed by atoms with Crippen molar-refractivity contribution in [3.63, 3.8) is 0 Å². The first kappa shape index (κ1) is 14.0. The van der Waals surface area contributed by atoms with Crippen molar-refractivity contribution in [2.45, 2.75) is 19.5 Å². The summed E-state index contributed by atoms with van der Waals surface area (Å²) in [6.45, 7) is 1.65. The van der Waals surface area contributed by atoms with Gasteiger partial charge >= 0.3 is 0 Å². The van der Waals surface area contributed by atoms with Gasteiger partial charge in [0.25, 0.3) is 5.91 Å². The predicted molar refractivity (Wildman–Crippen MR) is 66.6 cm³/mol. The molecule has 6 nitrogen and oxygen atoms in total. The number of amides is 2. The third kappa shape index (κ3) is 4.06. The van der Waals surface area contributed by atoms with Crippen LogP contribution in [0.5, 0.6) is 5.75 Å². The van der Waals surface area contributed by atoms with Crippen LogP contribution in [-0.2, 0) is 16.1 Å². The summed E-state index contributed by atoms with van der Waals surface area (Å²) in [5, 5.41) is 2.42. The van der Waals surface area contributed by atoms with Crippen LogP contribution in [0.2, 0.25) is 0 Å². The monoisotopic (exact) mass is 251 g/mol. The Morgan fingerprint density at radius 2 is 2.06 bits per heavy atom. The number of nitrogens with one attached hydrogen (secondary N) is 1. The molecule has 0 radical (unpaired) electrons. The maximum Gasteiger partial charge on any atom is 0.258 e. The van der Waals surface area contributed by atoms with E-state index in [-0.39, 0.29) is 6.61 Å². The molecule has 0 spiro atoms. The molecule has 0 aliphatic carbocycles. The molecule has 0 aliphatic rings. The van der Waals surface area contributed by atoms with Crippen molar-refractivity contribution in [2.24, 2.45) is 11.5 Å². The first-order valence-corrected chi connectivity index (χ1v) is 5.54. The summed E-state index contributed by atoms with van der Waals surface area (Å²) < 4.78 is 5.33. The Bertz CT molecular complexity index is 434. The Morgan fingerprint density at radius 3 is 2.67 bits per heavy atom. The number of hydrogen-bond donors (Lipinski definition) is 3. The van der Waals surface area contributed by atoms with E-state index < -0.39 is 17.9 Å². The van der Waals surface area contributed by atoms with E-state index >= 15 is 0 Å². The highest BCUT2D eigenvalue weighted by molar-refractivity contribution is 5.86. The van der Waals surface area contributed by atoms with Gasteiger partial charge in [-0.2, -0.15) is 0 Å². The van der Waals surface area contributed by atoms with Crippen LogP contribution in [0.3, 0.4) is 0 Å². The second-order valence-electron chi connectivity index (χ2n) is 3.79. The number of para-hydroxylation sites is 1. The topological polar surface area (TPSA) is 107 Å². The molecule has 18 heavy (non-hydrogen) atoms. The molecule has 0 fully saturated rings. The Morgan fingerprint density at radius 1 is 1.39 bits per heavy atom. The number of carbonyl (C=O) groups excluding carboxylic acids is 2. The molecule has 0 bridgehead atoms. The summed E-state index contributed by atoms with van der Waals surface area (Å²) in [5.41, 5.74) is 11.4. The second kappa shape index (κ2) is 6.61. The van der Waals surface area contributed by atoms with E-state index in [1.165, 1.54) is 6.92 Å². The fourth-order valence-electron chi connectivity index (χ4n) is 1.31. The summed E-state index contributed by atoms with van der Waals surface area (Å²) in [6.07, 6.45) is 0. The quantitative estimate of drug-likeness (QED) is 0.634. The Kier molecular flexibility index (Phi) is 5.13. The van der Waals surface area contributed by atoms with E-state index in [2.05, 4.69) is 5.32 Å². The number of rotatable bonds is 6. The van der Waals surface area contributed by atoms with E-state index in [4.69, 9.17) is 16.2 Å². The first-order valence-electron chi connectivity index (χ1n) is 5.54. The lowest BCUT2D eigenvalue weighted by atomic mass is 10.2. The van der Waals surface area contributed by atoms with Gasteiger partial charge in [-0.1, -0.05) is 18.2 Å². The minimum absolute atomic E-state index is 0.186. The highest BCUT2D eigenvalue weighted by Gasteiger charge is 2.12. The van der Waals surface area contributed by atoms with Crippen LogP contribution in [0.15, 0.2) is 24.3 Å². The molecule has 0 heterocycles. The van der Waals surface area contributed by atoms with Crippen LogP contribution in [0.1, 0.15) is 12.5 Å². The lowest BCUT2D eigenvalue weighted by Crippen LogP contribution is -2.44. The van der Waals surface area contributed by atoms with Gasteiger partial charge in [-0.15, -0.1) is 0 Å². The number of carbonyl (C=O) groups is 2. The first-order chi connectivity index (χ1) is 8.54. The lowest BCUT2D eigenvalue weighted by molar-refractivity contribution is -0.128. The minimum atomic E-state index is -0.717. The summed E-state index contributed by atoms with van der Waals surface area (Å²) in [5.74, 6) is -0.444. The van der Waals surface area contributed by atoms with Gasteiger partial charge in [0, 0.05) is 12.1 Å². The smallest absolute Gasteiger partial charge is 0.258 e. The van der Waals surface area contributed by atoms with Crippen LogP contribution in [0.4, 0.5) is 0 Å². The van der Waals surface area contributed by atoms with Gasteiger partial charge in [0.15, 0.2) is 6.61 Å². The number of primary amides is 1. The molecular weight excluding hydrogens is 234 g/mol. The van der Waals surface area contributed by atoms with Gasteiger partial charge in [0.1, 0.15) is 11.8 Å². The Balaban J connectivity index is 2.50. The molecule has 6 heteroatoms. The molecule has 1 aromatic carbocycles. The van der Waals surface area contributed by atoms with Gasteiger partial charge in [0.2, 0.25) is 5.91 Å². The number of nitrogens with two attached hydrogens (primary N) is 2. The van der Waals surface area contributed by atoms with Gasteiger partial charge in [0.05, 0.1) is 0 Å². The molecule has 0 saturated carbocycles. The predicted octanol–water partition coefficient (Wildman–Crippen LogP) is -0.486. The molecule has 1 aromatic rings. The third-order valence-electron chi connectivity index (χ3n) is 2.36. The van der Waals surface area contributed by atoms with Gasteiger partial charge in [-0.05, 0) is 13.0 Å².